The van der Waals surface area contributed by atoms with E-state index in [0.29, 0.717) is 11.5 Å². The molecular formula is C20H16N4O2S. The van der Waals surface area contributed by atoms with Crippen LogP contribution in [0.15, 0.2) is 64.6 Å². The van der Waals surface area contributed by atoms with Crippen LogP contribution in [0.25, 0.3) is 22.0 Å². The van der Waals surface area contributed by atoms with Crippen molar-refractivity contribution >= 4 is 22.9 Å². The predicted molar refractivity (Wildman–Crippen MR) is 104 cm³/mol. The summed E-state index contributed by atoms with van der Waals surface area (Å²) in [5.41, 5.74) is 3.67. The van der Waals surface area contributed by atoms with Gasteiger partial charge in [-0.2, -0.15) is 4.98 Å². The van der Waals surface area contributed by atoms with Crippen LogP contribution in [0.2, 0.25) is 0 Å². The van der Waals surface area contributed by atoms with E-state index in [0.717, 1.165) is 21.7 Å². The molecule has 0 fully saturated rings. The fraction of sp³-hybridized carbons (Fsp3) is 0.100. The Kier molecular flexibility index (Phi) is 4.76. The van der Waals surface area contributed by atoms with Crippen LogP contribution in [-0.4, -0.2) is 21.0 Å². The third-order valence-electron chi connectivity index (χ3n) is 4.01. The smallest absolute Gasteiger partial charge is 0.236 e. The van der Waals surface area contributed by atoms with Gasteiger partial charge in [0, 0.05) is 28.4 Å². The number of nitrogens with one attached hydrogen (secondary N) is 1. The molecule has 0 aliphatic rings. The quantitative estimate of drug-likeness (QED) is 0.560. The van der Waals surface area contributed by atoms with E-state index in [1.807, 2.05) is 60.8 Å². The second-order valence-corrected chi connectivity index (χ2v) is 6.86. The Labute approximate surface area is 159 Å². The summed E-state index contributed by atoms with van der Waals surface area (Å²) in [6.45, 7) is 1.98. The zero-order valence-corrected chi connectivity index (χ0v) is 15.4. The van der Waals surface area contributed by atoms with Crippen molar-refractivity contribution in [1.29, 1.82) is 0 Å². The van der Waals surface area contributed by atoms with E-state index in [4.69, 9.17) is 4.52 Å². The molecule has 0 saturated heterocycles. The van der Waals surface area contributed by atoms with Gasteiger partial charge in [-0.15, -0.1) is 11.3 Å². The molecule has 6 nitrogen and oxygen atoms in total. The number of carbonyl (C=O) groups is 1. The van der Waals surface area contributed by atoms with Crippen LogP contribution in [0, 0.1) is 6.92 Å². The molecule has 0 atom stereocenters. The van der Waals surface area contributed by atoms with Crippen molar-refractivity contribution in [2.75, 3.05) is 5.32 Å². The normalized spacial score (nSPS) is 10.7. The summed E-state index contributed by atoms with van der Waals surface area (Å²) in [6, 6.07) is 15.3. The van der Waals surface area contributed by atoms with E-state index in [2.05, 4.69) is 20.4 Å². The Bertz CT molecular complexity index is 1060. The van der Waals surface area contributed by atoms with Crippen LogP contribution in [0.1, 0.15) is 11.5 Å². The van der Waals surface area contributed by atoms with Gasteiger partial charge in [0.15, 0.2) is 0 Å². The first kappa shape index (κ1) is 17.1. The first-order valence-electron chi connectivity index (χ1n) is 8.37. The van der Waals surface area contributed by atoms with Gasteiger partial charge < -0.3 is 9.84 Å². The molecule has 2 aromatic carbocycles. The van der Waals surface area contributed by atoms with Crippen molar-refractivity contribution in [3.63, 3.8) is 0 Å². The highest BCUT2D eigenvalue weighted by atomic mass is 32.1. The van der Waals surface area contributed by atoms with Crippen LogP contribution in [-0.2, 0) is 11.2 Å². The Morgan fingerprint density at radius 3 is 2.70 bits per heavy atom. The highest BCUT2D eigenvalue weighted by Crippen LogP contribution is 2.23. The summed E-state index contributed by atoms with van der Waals surface area (Å²) in [5, 5.41) is 9.69. The van der Waals surface area contributed by atoms with Gasteiger partial charge >= 0.3 is 0 Å². The first-order chi connectivity index (χ1) is 13.2. The van der Waals surface area contributed by atoms with Crippen LogP contribution < -0.4 is 5.32 Å². The lowest BCUT2D eigenvalue weighted by molar-refractivity contribution is -0.115. The number of anilines is 1. The molecule has 4 aromatic rings. The van der Waals surface area contributed by atoms with Gasteiger partial charge in [0.05, 0.1) is 0 Å². The molecule has 0 unspecified atom stereocenters. The molecule has 134 valence electrons. The molecule has 4 rings (SSSR count). The average Bonchev–Trinajstić information content (AvgIpc) is 3.35. The number of amides is 1. The maximum absolute atomic E-state index is 12.3. The Balaban J connectivity index is 1.41. The molecule has 0 bridgehead atoms. The van der Waals surface area contributed by atoms with E-state index in [-0.39, 0.29) is 18.2 Å². The summed E-state index contributed by atoms with van der Waals surface area (Å²) < 4.78 is 5.22. The highest BCUT2D eigenvalue weighted by molar-refractivity contribution is 7.13. The first-order valence-corrected chi connectivity index (χ1v) is 9.25. The minimum absolute atomic E-state index is 0.0209. The second kappa shape index (κ2) is 7.51. The Morgan fingerprint density at radius 2 is 1.96 bits per heavy atom. The number of hydrogen-bond donors (Lipinski definition) is 1. The van der Waals surface area contributed by atoms with Gasteiger partial charge in [-0.25, -0.2) is 4.98 Å². The second-order valence-electron chi connectivity index (χ2n) is 5.97. The van der Waals surface area contributed by atoms with Crippen molar-refractivity contribution in [2.45, 2.75) is 13.3 Å². The molecule has 27 heavy (non-hydrogen) atoms. The Morgan fingerprint density at radius 1 is 1.15 bits per heavy atom. The minimum Gasteiger partial charge on any atom is -0.338 e. The number of nitrogens with zero attached hydrogens (tertiary/aromatic N) is 3. The molecule has 2 heterocycles. The number of aromatic nitrogens is 3. The largest absolute Gasteiger partial charge is 0.338 e. The maximum atomic E-state index is 12.3. The summed E-state index contributed by atoms with van der Waals surface area (Å²) >= 11 is 1.57. The number of benzene rings is 2. The highest BCUT2D eigenvalue weighted by Gasteiger charge is 2.14. The van der Waals surface area contributed by atoms with Gasteiger partial charge in [-0.1, -0.05) is 29.4 Å². The fourth-order valence-corrected chi connectivity index (χ4v) is 3.31. The third kappa shape index (κ3) is 3.93. The molecule has 2 aromatic heterocycles. The van der Waals surface area contributed by atoms with E-state index < -0.39 is 0 Å². The van der Waals surface area contributed by atoms with Crippen LogP contribution in [0.4, 0.5) is 5.69 Å². The number of rotatable bonds is 5. The van der Waals surface area contributed by atoms with Crippen molar-refractivity contribution in [3.05, 3.63) is 71.6 Å². The lowest BCUT2D eigenvalue weighted by Gasteiger charge is -2.04. The van der Waals surface area contributed by atoms with Gasteiger partial charge in [0.2, 0.25) is 17.6 Å². The van der Waals surface area contributed by atoms with E-state index in [1.54, 1.807) is 17.5 Å². The predicted octanol–water partition coefficient (Wildman–Crippen LogP) is 4.35. The SMILES string of the molecule is Cc1ccccc1-c1noc(CC(=O)Nc2ccc(-c3nccs3)cc2)n1. The average molecular weight is 376 g/mol. The molecule has 0 radical (unpaired) electrons. The topological polar surface area (TPSA) is 80.9 Å². The molecule has 0 aliphatic heterocycles. The maximum Gasteiger partial charge on any atom is 0.236 e. The van der Waals surface area contributed by atoms with Crippen LogP contribution in [0.3, 0.4) is 0 Å². The lowest BCUT2D eigenvalue weighted by atomic mass is 10.1. The number of aryl methyl sites for hydroxylation is 1. The van der Waals surface area contributed by atoms with Gasteiger partial charge in [0.1, 0.15) is 11.4 Å². The molecule has 1 N–H and O–H groups in total. The molecule has 0 aliphatic carbocycles. The summed E-state index contributed by atoms with van der Waals surface area (Å²) in [4.78, 5) is 20.9. The monoisotopic (exact) mass is 376 g/mol. The molecule has 1 amide bonds. The van der Waals surface area contributed by atoms with Gasteiger partial charge in [-0.3, -0.25) is 4.79 Å². The summed E-state index contributed by atoms with van der Waals surface area (Å²) in [7, 11) is 0. The fourth-order valence-electron chi connectivity index (χ4n) is 2.66. The van der Waals surface area contributed by atoms with Crippen molar-refractivity contribution in [3.8, 4) is 22.0 Å². The van der Waals surface area contributed by atoms with Crippen LogP contribution >= 0.6 is 11.3 Å². The van der Waals surface area contributed by atoms with Crippen molar-refractivity contribution in [1.82, 2.24) is 15.1 Å². The standard InChI is InChI=1S/C20H16N4O2S/c1-13-4-2-3-5-16(13)19-23-18(26-24-19)12-17(25)22-15-8-6-14(7-9-15)20-21-10-11-27-20/h2-11H,12H2,1H3,(H,22,25). The number of thiazole rings is 1. The van der Waals surface area contributed by atoms with Crippen molar-refractivity contribution < 1.29 is 9.32 Å². The third-order valence-corrected chi connectivity index (χ3v) is 4.84. The van der Waals surface area contributed by atoms with E-state index in [9.17, 15) is 4.79 Å². The minimum atomic E-state index is -0.211. The molecular weight excluding hydrogens is 360 g/mol. The molecule has 0 saturated carbocycles. The van der Waals surface area contributed by atoms with Gasteiger partial charge in [0.25, 0.3) is 0 Å². The molecule has 0 spiro atoms. The Hall–Kier alpha value is -3.32. The van der Waals surface area contributed by atoms with Crippen molar-refractivity contribution in [2.24, 2.45) is 0 Å². The van der Waals surface area contributed by atoms with Crippen LogP contribution in [0.5, 0.6) is 0 Å². The van der Waals surface area contributed by atoms with Gasteiger partial charge in [-0.05, 0) is 36.8 Å². The van der Waals surface area contributed by atoms with E-state index in [1.165, 1.54) is 0 Å². The summed E-state index contributed by atoms with van der Waals surface area (Å²) in [5.74, 6) is 0.561. The zero-order chi connectivity index (χ0) is 18.6. The summed E-state index contributed by atoms with van der Waals surface area (Å²) in [6.07, 6.45) is 1.79. The lowest BCUT2D eigenvalue weighted by Crippen LogP contribution is -2.14. The van der Waals surface area contributed by atoms with E-state index >= 15 is 0 Å². The number of carbonyl (C=O) groups excluding carboxylic acids is 1. The zero-order valence-electron chi connectivity index (χ0n) is 14.5. The number of hydrogen-bond acceptors (Lipinski definition) is 6. The molecule has 7 heteroatoms.